The predicted molar refractivity (Wildman–Crippen MR) is 139 cm³/mol. The Morgan fingerprint density at radius 3 is 1.98 bits per heavy atom. The summed E-state index contributed by atoms with van der Waals surface area (Å²) in [5.74, 6) is -1.45. The summed E-state index contributed by atoms with van der Waals surface area (Å²) < 4.78 is 123. The Labute approximate surface area is 234 Å². The van der Waals surface area contributed by atoms with E-state index in [0.29, 0.717) is 18.2 Å². The lowest BCUT2D eigenvalue weighted by Crippen LogP contribution is -2.46. The molecule has 0 spiro atoms. The number of nitrogens with one attached hydrogen (secondary N) is 1. The second-order valence-electron chi connectivity index (χ2n) is 9.07. The number of carboxylic acids is 1. The van der Waals surface area contributed by atoms with Crippen molar-refractivity contribution in [1.29, 1.82) is 0 Å². The molecule has 0 aromatic heterocycles. The van der Waals surface area contributed by atoms with E-state index in [1.807, 2.05) is 0 Å². The number of benzene rings is 3. The monoisotopic (exact) mass is 632 g/mol. The third-order valence-electron chi connectivity index (χ3n) is 6.42. The fourth-order valence-corrected chi connectivity index (χ4v) is 8.96. The van der Waals surface area contributed by atoms with Gasteiger partial charge < -0.3 is 5.11 Å². The van der Waals surface area contributed by atoms with Crippen molar-refractivity contribution in [1.82, 2.24) is 9.03 Å². The number of alkyl halides is 3. The molecular formula is C25H23F3N2O8S3. The molecule has 10 nitrogen and oxygen atoms in total. The van der Waals surface area contributed by atoms with Crippen LogP contribution in [0.25, 0.3) is 0 Å². The van der Waals surface area contributed by atoms with Gasteiger partial charge in [0.2, 0.25) is 29.9 Å². The number of sulfone groups is 1. The number of rotatable bonds is 8. The molecule has 0 amide bonds. The molecule has 0 unspecified atom stereocenters. The van der Waals surface area contributed by atoms with E-state index in [2.05, 4.69) is 4.72 Å². The SMILES string of the molecule is O=C(O)c1ccccc1S(=O)(=O)N1CCC(NS(=O)(=O)c2cc(S(=O)(=O)c3ccccc3)ccc2C(F)(F)F)CC1. The normalized spacial score (nSPS) is 16.0. The zero-order valence-electron chi connectivity index (χ0n) is 20.9. The summed E-state index contributed by atoms with van der Waals surface area (Å²) in [5, 5.41) is 9.34. The number of carboxylic acid groups (broad SMARTS) is 1. The van der Waals surface area contributed by atoms with Gasteiger partial charge in [-0.1, -0.05) is 30.3 Å². The maximum absolute atomic E-state index is 13.8. The quantitative estimate of drug-likeness (QED) is 0.383. The molecule has 0 saturated carbocycles. The van der Waals surface area contributed by atoms with Crippen LogP contribution in [0, 0.1) is 0 Å². The highest BCUT2D eigenvalue weighted by molar-refractivity contribution is 7.91. The molecule has 3 aromatic carbocycles. The molecule has 1 fully saturated rings. The fourth-order valence-electron chi connectivity index (χ4n) is 4.37. The van der Waals surface area contributed by atoms with Gasteiger partial charge in [-0.05, 0) is 55.3 Å². The molecule has 0 radical (unpaired) electrons. The topological polar surface area (TPSA) is 155 Å². The van der Waals surface area contributed by atoms with Crippen molar-refractivity contribution in [2.24, 2.45) is 0 Å². The van der Waals surface area contributed by atoms with Gasteiger partial charge in [0, 0.05) is 19.1 Å². The van der Waals surface area contributed by atoms with Gasteiger partial charge in [-0.2, -0.15) is 17.5 Å². The van der Waals surface area contributed by atoms with E-state index in [1.165, 1.54) is 42.5 Å². The largest absolute Gasteiger partial charge is 0.478 e. The highest BCUT2D eigenvalue weighted by Crippen LogP contribution is 2.36. The molecule has 0 aliphatic carbocycles. The predicted octanol–water partition coefficient (Wildman–Crippen LogP) is 3.37. The van der Waals surface area contributed by atoms with Crippen molar-refractivity contribution in [2.45, 2.75) is 44.6 Å². The van der Waals surface area contributed by atoms with Crippen molar-refractivity contribution >= 4 is 35.9 Å². The smallest absolute Gasteiger partial charge is 0.417 e. The summed E-state index contributed by atoms with van der Waals surface area (Å²) in [6.07, 6.45) is -5.41. The molecule has 4 rings (SSSR count). The molecule has 16 heteroatoms. The standard InChI is InChI=1S/C25H23F3N2O8S3/c26-25(27,28)21-11-10-19(39(33,34)18-6-2-1-3-7-18)16-23(21)40(35,36)29-17-12-14-30(15-13-17)41(37,38)22-9-5-4-8-20(22)24(31)32/h1-11,16-17,29H,12-15H2,(H,31,32). The van der Waals surface area contributed by atoms with Gasteiger partial charge in [-0.25, -0.2) is 34.8 Å². The lowest BCUT2D eigenvalue weighted by molar-refractivity contribution is -0.140. The lowest BCUT2D eigenvalue weighted by atomic mass is 10.1. The van der Waals surface area contributed by atoms with Crippen LogP contribution in [-0.4, -0.2) is 59.8 Å². The summed E-state index contributed by atoms with van der Waals surface area (Å²) in [4.78, 5) is 8.85. The summed E-state index contributed by atoms with van der Waals surface area (Å²) in [6, 6.07) is 12.3. The number of halogens is 3. The molecule has 1 heterocycles. The summed E-state index contributed by atoms with van der Waals surface area (Å²) >= 11 is 0. The minimum atomic E-state index is -5.13. The molecule has 1 aliphatic rings. The van der Waals surface area contributed by atoms with Crippen LogP contribution in [0.15, 0.2) is 92.4 Å². The Morgan fingerprint density at radius 1 is 0.805 bits per heavy atom. The first-order chi connectivity index (χ1) is 19.0. The fraction of sp³-hybridized carbons (Fsp3) is 0.240. The van der Waals surface area contributed by atoms with E-state index in [1.54, 1.807) is 0 Å². The summed E-state index contributed by atoms with van der Waals surface area (Å²) in [7, 11) is -13.6. The van der Waals surface area contributed by atoms with Crippen molar-refractivity contribution in [3.05, 3.63) is 83.9 Å². The molecule has 2 N–H and O–H groups in total. The average Bonchev–Trinajstić information content (AvgIpc) is 2.92. The molecule has 0 bridgehead atoms. The van der Waals surface area contributed by atoms with Crippen LogP contribution in [0.3, 0.4) is 0 Å². The summed E-state index contributed by atoms with van der Waals surface area (Å²) in [6.45, 7) is -0.504. The van der Waals surface area contributed by atoms with Crippen molar-refractivity contribution < 1.29 is 48.3 Å². The van der Waals surface area contributed by atoms with Crippen LogP contribution in [0.5, 0.6) is 0 Å². The number of hydrogen-bond acceptors (Lipinski definition) is 7. The van der Waals surface area contributed by atoms with Gasteiger partial charge in [0.15, 0.2) is 0 Å². The van der Waals surface area contributed by atoms with Crippen LogP contribution in [0.4, 0.5) is 13.2 Å². The van der Waals surface area contributed by atoms with Gasteiger partial charge in [-0.3, -0.25) is 0 Å². The van der Waals surface area contributed by atoms with Gasteiger partial charge in [-0.15, -0.1) is 0 Å². The van der Waals surface area contributed by atoms with E-state index in [4.69, 9.17) is 0 Å². The molecule has 220 valence electrons. The number of aromatic carboxylic acids is 1. The Bertz CT molecular complexity index is 1790. The highest BCUT2D eigenvalue weighted by atomic mass is 32.2. The van der Waals surface area contributed by atoms with E-state index >= 15 is 0 Å². The lowest BCUT2D eigenvalue weighted by Gasteiger charge is -2.32. The first kappa shape index (κ1) is 30.6. The van der Waals surface area contributed by atoms with Crippen LogP contribution >= 0.6 is 0 Å². The number of hydrogen-bond donors (Lipinski definition) is 2. The number of carbonyl (C=O) groups is 1. The first-order valence-corrected chi connectivity index (χ1v) is 16.3. The van der Waals surface area contributed by atoms with Crippen molar-refractivity contribution in [2.75, 3.05) is 13.1 Å². The Kier molecular flexibility index (Phi) is 8.35. The molecule has 41 heavy (non-hydrogen) atoms. The average molecular weight is 633 g/mol. The second kappa shape index (κ2) is 11.2. The molecule has 0 atom stereocenters. The Hall–Kier alpha value is -3.31. The maximum atomic E-state index is 13.8. The number of nitrogens with zero attached hydrogens (tertiary/aromatic N) is 1. The van der Waals surface area contributed by atoms with Gasteiger partial charge in [0.25, 0.3) is 0 Å². The first-order valence-electron chi connectivity index (χ1n) is 11.9. The Morgan fingerprint density at radius 2 is 1.39 bits per heavy atom. The van der Waals surface area contributed by atoms with Crippen LogP contribution in [-0.2, 0) is 36.1 Å². The van der Waals surface area contributed by atoms with Crippen molar-refractivity contribution in [3.63, 3.8) is 0 Å². The molecular weight excluding hydrogens is 609 g/mol. The molecule has 3 aromatic rings. The van der Waals surface area contributed by atoms with E-state index < -0.39 is 73.9 Å². The van der Waals surface area contributed by atoms with Crippen LogP contribution in [0.1, 0.15) is 28.8 Å². The number of sulfonamides is 2. The minimum absolute atomic E-state index is 0.142. The maximum Gasteiger partial charge on any atom is 0.417 e. The summed E-state index contributed by atoms with van der Waals surface area (Å²) in [5.41, 5.74) is -2.01. The van der Waals surface area contributed by atoms with E-state index in [0.717, 1.165) is 16.4 Å². The third kappa shape index (κ3) is 6.30. The molecule has 1 aliphatic heterocycles. The zero-order chi connectivity index (χ0) is 30.2. The van der Waals surface area contributed by atoms with Crippen molar-refractivity contribution in [3.8, 4) is 0 Å². The molecule has 1 saturated heterocycles. The van der Waals surface area contributed by atoms with E-state index in [-0.39, 0.29) is 30.8 Å². The minimum Gasteiger partial charge on any atom is -0.478 e. The highest BCUT2D eigenvalue weighted by Gasteiger charge is 2.40. The van der Waals surface area contributed by atoms with Gasteiger partial charge in [0.1, 0.15) is 0 Å². The third-order valence-corrected chi connectivity index (χ3v) is 11.7. The Balaban J connectivity index is 1.60. The number of piperidine rings is 1. The van der Waals surface area contributed by atoms with Gasteiger partial charge in [0.05, 0.1) is 30.7 Å². The second-order valence-corrected chi connectivity index (χ2v) is 14.6. The van der Waals surface area contributed by atoms with E-state index in [9.17, 15) is 48.3 Å². The van der Waals surface area contributed by atoms with Crippen LogP contribution in [0.2, 0.25) is 0 Å². The van der Waals surface area contributed by atoms with Crippen LogP contribution < -0.4 is 4.72 Å². The zero-order valence-corrected chi connectivity index (χ0v) is 23.4. The van der Waals surface area contributed by atoms with Gasteiger partial charge >= 0.3 is 12.1 Å².